The number of unbranched alkanes of at least 4 members (excludes halogenated alkanes) is 4. The Morgan fingerprint density at radius 3 is 1.55 bits per heavy atom. The molecule has 0 aromatic carbocycles. The van der Waals surface area contributed by atoms with Crippen molar-refractivity contribution in [3.8, 4) is 0 Å². The van der Waals surface area contributed by atoms with Crippen molar-refractivity contribution in [1.82, 2.24) is 0 Å². The fourth-order valence-electron chi connectivity index (χ4n) is 3.69. The SMILES string of the molecule is CCCC[C@@H]1O[C@@H]1[Sn]([CH2]CCC)([CH2]CCC)[CH2]CCC. The Balaban J connectivity index is 2.63. The van der Waals surface area contributed by atoms with Crippen LogP contribution in [-0.2, 0) is 4.74 Å². The molecule has 0 aromatic heterocycles. The summed E-state index contributed by atoms with van der Waals surface area (Å²) in [5.74, 6) is 0. The van der Waals surface area contributed by atoms with Crippen LogP contribution in [0.25, 0.3) is 0 Å². The molecule has 1 rings (SSSR count). The van der Waals surface area contributed by atoms with Gasteiger partial charge in [0, 0.05) is 0 Å². The van der Waals surface area contributed by atoms with E-state index < -0.39 is 18.4 Å². The van der Waals surface area contributed by atoms with Crippen LogP contribution < -0.4 is 0 Å². The van der Waals surface area contributed by atoms with Crippen LogP contribution >= 0.6 is 0 Å². The van der Waals surface area contributed by atoms with Gasteiger partial charge in [-0.15, -0.1) is 0 Å². The second kappa shape index (κ2) is 10.5. The van der Waals surface area contributed by atoms with E-state index in [1.54, 1.807) is 13.3 Å². The first-order valence-corrected chi connectivity index (χ1v) is 17.1. The van der Waals surface area contributed by atoms with E-state index >= 15 is 0 Å². The van der Waals surface area contributed by atoms with Gasteiger partial charge >= 0.3 is 132 Å². The summed E-state index contributed by atoms with van der Waals surface area (Å²) in [5, 5.41) is 0. The van der Waals surface area contributed by atoms with E-state index in [0.717, 1.165) is 4.12 Å². The van der Waals surface area contributed by atoms with Crippen molar-refractivity contribution >= 4 is 18.4 Å². The molecule has 120 valence electrons. The van der Waals surface area contributed by atoms with E-state index in [1.165, 1.54) is 57.8 Å². The van der Waals surface area contributed by atoms with Gasteiger partial charge in [-0.3, -0.25) is 0 Å². The maximum atomic E-state index is 6.27. The zero-order valence-electron chi connectivity index (χ0n) is 14.5. The summed E-state index contributed by atoms with van der Waals surface area (Å²) in [7, 11) is 0. The molecule has 1 aliphatic rings. The Hall–Kier alpha value is 0.759. The molecule has 1 aliphatic heterocycles. The van der Waals surface area contributed by atoms with Crippen LogP contribution in [0.4, 0.5) is 0 Å². The molecule has 0 amide bonds. The molecule has 20 heavy (non-hydrogen) atoms. The van der Waals surface area contributed by atoms with Crippen molar-refractivity contribution in [1.29, 1.82) is 0 Å². The molecule has 2 atom stereocenters. The number of epoxide rings is 1. The number of ether oxygens (including phenoxy) is 1. The van der Waals surface area contributed by atoms with E-state index in [4.69, 9.17) is 4.74 Å². The van der Waals surface area contributed by atoms with E-state index in [-0.39, 0.29) is 0 Å². The molecule has 0 spiro atoms. The maximum absolute atomic E-state index is 6.27. The van der Waals surface area contributed by atoms with Gasteiger partial charge in [-0.1, -0.05) is 0 Å². The van der Waals surface area contributed by atoms with E-state index in [2.05, 4.69) is 27.7 Å². The molecule has 0 saturated carbocycles. The summed E-state index contributed by atoms with van der Waals surface area (Å²) in [6, 6.07) is 0. The van der Waals surface area contributed by atoms with Crippen LogP contribution in [0.2, 0.25) is 13.3 Å². The first-order chi connectivity index (χ1) is 9.74. The third-order valence-corrected chi connectivity index (χ3v) is 21.6. The molecule has 2 heteroatoms. The predicted molar refractivity (Wildman–Crippen MR) is 93.1 cm³/mol. The van der Waals surface area contributed by atoms with Crippen molar-refractivity contribution in [3.63, 3.8) is 0 Å². The molecule has 1 fully saturated rings. The average Bonchev–Trinajstić information content (AvgIpc) is 3.25. The van der Waals surface area contributed by atoms with Gasteiger partial charge in [-0.25, -0.2) is 0 Å². The first-order valence-electron chi connectivity index (χ1n) is 9.39. The average molecular weight is 389 g/mol. The van der Waals surface area contributed by atoms with Gasteiger partial charge in [-0.05, 0) is 0 Å². The van der Waals surface area contributed by atoms with E-state index in [9.17, 15) is 0 Å². The van der Waals surface area contributed by atoms with Gasteiger partial charge in [0.15, 0.2) is 0 Å². The monoisotopic (exact) mass is 390 g/mol. The summed E-state index contributed by atoms with van der Waals surface area (Å²) in [6.07, 6.45) is 13.3. The zero-order valence-corrected chi connectivity index (χ0v) is 17.4. The standard InChI is InChI=1S/C6H11O.3C4H9.Sn/c1-2-3-4-6-5-7-6;3*1-3-4-2;/h5-6H,2-4H2,1H3;3*1,3-4H2,2H3;/t6-;;;;/m0..../s1. The van der Waals surface area contributed by atoms with Crippen molar-refractivity contribution in [2.45, 2.75) is 109 Å². The predicted octanol–water partition coefficient (Wildman–Crippen LogP) is 6.33. The molecular weight excluding hydrogens is 351 g/mol. The zero-order chi connectivity index (χ0) is 14.8. The fraction of sp³-hybridized carbons (Fsp3) is 1.00. The van der Waals surface area contributed by atoms with Crippen LogP contribution in [-0.4, -0.2) is 28.6 Å². The molecule has 1 saturated heterocycles. The Morgan fingerprint density at radius 1 is 0.700 bits per heavy atom. The summed E-state index contributed by atoms with van der Waals surface area (Å²) in [5.41, 5.74) is 0. The van der Waals surface area contributed by atoms with Gasteiger partial charge < -0.3 is 0 Å². The van der Waals surface area contributed by atoms with Crippen LogP contribution in [0.5, 0.6) is 0 Å². The van der Waals surface area contributed by atoms with Crippen molar-refractivity contribution < 1.29 is 4.74 Å². The number of hydrogen-bond donors (Lipinski definition) is 0. The minimum absolute atomic E-state index is 0.691. The molecule has 0 unspecified atom stereocenters. The molecule has 0 radical (unpaired) electrons. The third kappa shape index (κ3) is 5.87. The number of hydrogen-bond acceptors (Lipinski definition) is 1. The summed E-state index contributed by atoms with van der Waals surface area (Å²) in [6.45, 7) is 9.38. The Morgan fingerprint density at radius 2 is 1.15 bits per heavy atom. The van der Waals surface area contributed by atoms with Gasteiger partial charge in [0.1, 0.15) is 0 Å². The summed E-state index contributed by atoms with van der Waals surface area (Å²) >= 11 is -2.02. The molecule has 0 aliphatic carbocycles. The fourth-order valence-corrected chi connectivity index (χ4v) is 21.4. The normalized spacial score (nSPS) is 22.2. The quantitative estimate of drug-likeness (QED) is 0.265. The van der Waals surface area contributed by atoms with Crippen LogP contribution in [0.15, 0.2) is 0 Å². The van der Waals surface area contributed by atoms with E-state index in [0.29, 0.717) is 6.10 Å². The molecule has 0 N–H and O–H groups in total. The number of rotatable bonds is 13. The molecular formula is C18H38OSn. The molecule has 0 aromatic rings. The molecule has 1 nitrogen and oxygen atoms in total. The van der Waals surface area contributed by atoms with Crippen molar-refractivity contribution in [3.05, 3.63) is 0 Å². The van der Waals surface area contributed by atoms with Crippen LogP contribution in [0.3, 0.4) is 0 Å². The van der Waals surface area contributed by atoms with Crippen LogP contribution in [0.1, 0.15) is 85.5 Å². The Bertz CT molecular complexity index is 220. The summed E-state index contributed by atoms with van der Waals surface area (Å²) in [4.78, 5) is 0. The molecule has 0 bridgehead atoms. The van der Waals surface area contributed by atoms with Gasteiger partial charge in [0.2, 0.25) is 0 Å². The Labute approximate surface area is 132 Å². The molecule has 1 heterocycles. The van der Waals surface area contributed by atoms with Crippen molar-refractivity contribution in [2.24, 2.45) is 0 Å². The van der Waals surface area contributed by atoms with Crippen LogP contribution in [0, 0.1) is 0 Å². The van der Waals surface area contributed by atoms with Gasteiger partial charge in [0.25, 0.3) is 0 Å². The third-order valence-electron chi connectivity index (χ3n) is 5.11. The first kappa shape index (κ1) is 18.8. The van der Waals surface area contributed by atoms with E-state index in [1.807, 2.05) is 0 Å². The second-order valence-corrected chi connectivity index (χ2v) is 20.6. The van der Waals surface area contributed by atoms with Crippen molar-refractivity contribution in [2.75, 3.05) is 0 Å². The summed E-state index contributed by atoms with van der Waals surface area (Å²) < 4.78 is 11.9. The topological polar surface area (TPSA) is 12.5 Å². The van der Waals surface area contributed by atoms with Gasteiger partial charge in [0.05, 0.1) is 0 Å². The van der Waals surface area contributed by atoms with Gasteiger partial charge in [-0.2, -0.15) is 0 Å². The minimum atomic E-state index is -2.02. The second-order valence-electron chi connectivity index (χ2n) is 6.91. The Kier molecular flexibility index (Phi) is 9.85.